The van der Waals surface area contributed by atoms with Gasteiger partial charge in [-0.05, 0) is 43.2 Å². The molecular formula is C25H26N2O4. The van der Waals surface area contributed by atoms with Crippen LogP contribution in [0.15, 0.2) is 78.9 Å². The molecular weight excluding hydrogens is 392 g/mol. The van der Waals surface area contributed by atoms with Crippen LogP contribution in [-0.4, -0.2) is 31.6 Å². The number of carbonyl (C=O) groups is 2. The smallest absolute Gasteiger partial charge is 0.265 e. The minimum absolute atomic E-state index is 0.245. The van der Waals surface area contributed by atoms with E-state index in [1.165, 1.54) is 0 Å². The lowest BCUT2D eigenvalue weighted by molar-refractivity contribution is -0.122. The van der Waals surface area contributed by atoms with E-state index in [1.54, 1.807) is 56.5 Å². The average molecular weight is 418 g/mol. The van der Waals surface area contributed by atoms with Gasteiger partial charge in [-0.2, -0.15) is 0 Å². The Labute approximate surface area is 182 Å². The number of carbonyl (C=O) groups excluding carboxylic acids is 2. The topological polar surface area (TPSA) is 76.7 Å². The first-order valence-corrected chi connectivity index (χ1v) is 10.1. The number of amides is 2. The summed E-state index contributed by atoms with van der Waals surface area (Å²) in [7, 11) is 1.54. The second kappa shape index (κ2) is 10.8. The second-order valence-electron chi connectivity index (χ2n) is 6.94. The Balaban J connectivity index is 1.61. The maximum atomic E-state index is 12.7. The van der Waals surface area contributed by atoms with Gasteiger partial charge in [-0.15, -0.1) is 0 Å². The fourth-order valence-electron chi connectivity index (χ4n) is 3.04. The summed E-state index contributed by atoms with van der Waals surface area (Å²) >= 11 is 0. The molecule has 1 unspecified atom stereocenters. The molecule has 3 aromatic carbocycles. The number of anilines is 1. The molecule has 0 aliphatic heterocycles. The van der Waals surface area contributed by atoms with E-state index < -0.39 is 6.10 Å². The molecule has 0 bridgehead atoms. The largest absolute Gasteiger partial charge is 0.493 e. The van der Waals surface area contributed by atoms with Crippen molar-refractivity contribution >= 4 is 17.5 Å². The predicted octanol–water partition coefficient (Wildman–Crippen LogP) is 4.07. The van der Waals surface area contributed by atoms with E-state index >= 15 is 0 Å². The first-order chi connectivity index (χ1) is 15.1. The highest BCUT2D eigenvalue weighted by Gasteiger charge is 2.19. The predicted molar refractivity (Wildman–Crippen MR) is 121 cm³/mol. The van der Waals surface area contributed by atoms with E-state index in [2.05, 4.69) is 10.6 Å². The van der Waals surface area contributed by atoms with Crippen LogP contribution in [0.5, 0.6) is 11.5 Å². The lowest BCUT2D eigenvalue weighted by atomic mass is 10.1. The molecule has 6 nitrogen and oxygen atoms in total. The van der Waals surface area contributed by atoms with Crippen LogP contribution < -0.4 is 20.1 Å². The standard InChI is InChI=1S/C25H26N2O4/c1-18(31-23-15-9-8-14-22(23)30-2)24(28)27-21-13-7-6-12-20(21)25(29)26-17-16-19-10-4-3-5-11-19/h3-15,18H,16-17H2,1-2H3,(H,26,29)(H,27,28). The van der Waals surface area contributed by atoms with Crippen molar-refractivity contribution in [2.75, 3.05) is 19.0 Å². The molecule has 0 aliphatic rings. The van der Waals surface area contributed by atoms with Gasteiger partial charge in [0.25, 0.3) is 11.8 Å². The normalized spacial score (nSPS) is 11.3. The van der Waals surface area contributed by atoms with Gasteiger partial charge in [-0.25, -0.2) is 0 Å². The highest BCUT2D eigenvalue weighted by atomic mass is 16.5. The fourth-order valence-corrected chi connectivity index (χ4v) is 3.04. The van der Waals surface area contributed by atoms with E-state index in [4.69, 9.17) is 9.47 Å². The zero-order valence-electron chi connectivity index (χ0n) is 17.6. The number of benzene rings is 3. The Morgan fingerprint density at radius 2 is 1.52 bits per heavy atom. The third kappa shape index (κ3) is 6.09. The maximum absolute atomic E-state index is 12.7. The lowest BCUT2D eigenvalue weighted by Gasteiger charge is -2.17. The van der Waals surface area contributed by atoms with Gasteiger partial charge in [-0.1, -0.05) is 54.6 Å². The summed E-state index contributed by atoms with van der Waals surface area (Å²) in [5.41, 5.74) is 1.97. The fraction of sp³-hybridized carbons (Fsp3) is 0.200. The van der Waals surface area contributed by atoms with Crippen molar-refractivity contribution in [1.82, 2.24) is 5.32 Å². The molecule has 2 amide bonds. The number of hydrogen-bond donors (Lipinski definition) is 2. The molecule has 160 valence electrons. The quantitative estimate of drug-likeness (QED) is 0.549. The summed E-state index contributed by atoms with van der Waals surface area (Å²) in [6, 6.07) is 23.9. The van der Waals surface area contributed by atoms with Gasteiger partial charge in [0.2, 0.25) is 0 Å². The molecule has 2 N–H and O–H groups in total. The Kier molecular flexibility index (Phi) is 7.65. The highest BCUT2D eigenvalue weighted by Crippen LogP contribution is 2.27. The summed E-state index contributed by atoms with van der Waals surface area (Å²) in [5, 5.41) is 5.70. The van der Waals surface area contributed by atoms with Gasteiger partial charge < -0.3 is 20.1 Å². The first-order valence-electron chi connectivity index (χ1n) is 10.1. The summed E-state index contributed by atoms with van der Waals surface area (Å²) in [4.78, 5) is 25.4. The highest BCUT2D eigenvalue weighted by molar-refractivity contribution is 6.04. The number of nitrogens with one attached hydrogen (secondary N) is 2. The third-order valence-electron chi connectivity index (χ3n) is 4.71. The molecule has 0 saturated carbocycles. The summed E-state index contributed by atoms with van der Waals surface area (Å²) in [6.07, 6.45) is -0.0595. The number of hydrogen-bond acceptors (Lipinski definition) is 4. The summed E-state index contributed by atoms with van der Waals surface area (Å²) in [5.74, 6) is 0.403. The van der Waals surface area contributed by atoms with E-state index in [0.717, 1.165) is 12.0 Å². The van der Waals surface area contributed by atoms with Crippen molar-refractivity contribution in [3.05, 3.63) is 90.0 Å². The number of ether oxygens (including phenoxy) is 2. The van der Waals surface area contributed by atoms with Gasteiger partial charge in [0, 0.05) is 6.54 Å². The Morgan fingerprint density at radius 1 is 0.871 bits per heavy atom. The van der Waals surface area contributed by atoms with E-state index in [1.807, 2.05) is 36.4 Å². The Hall–Kier alpha value is -3.80. The lowest BCUT2D eigenvalue weighted by Crippen LogP contribution is -2.32. The SMILES string of the molecule is COc1ccccc1OC(C)C(=O)Nc1ccccc1C(=O)NCCc1ccccc1. The summed E-state index contributed by atoms with van der Waals surface area (Å²) in [6.45, 7) is 2.14. The van der Waals surface area contributed by atoms with Gasteiger partial charge >= 0.3 is 0 Å². The molecule has 1 atom stereocenters. The summed E-state index contributed by atoms with van der Waals surface area (Å²) < 4.78 is 11.0. The van der Waals surface area contributed by atoms with Crippen LogP contribution in [0.4, 0.5) is 5.69 Å². The molecule has 31 heavy (non-hydrogen) atoms. The van der Waals surface area contributed by atoms with Crippen LogP contribution >= 0.6 is 0 Å². The maximum Gasteiger partial charge on any atom is 0.265 e. The first kappa shape index (κ1) is 21.9. The van der Waals surface area contributed by atoms with Crippen LogP contribution in [0.25, 0.3) is 0 Å². The van der Waals surface area contributed by atoms with Crippen LogP contribution in [-0.2, 0) is 11.2 Å². The van der Waals surface area contributed by atoms with Crippen LogP contribution in [0.3, 0.4) is 0 Å². The second-order valence-corrected chi connectivity index (χ2v) is 6.94. The molecule has 0 radical (unpaired) electrons. The molecule has 0 aromatic heterocycles. The molecule has 0 saturated heterocycles. The average Bonchev–Trinajstić information content (AvgIpc) is 2.80. The number of methoxy groups -OCH3 is 1. The van der Waals surface area contributed by atoms with Crippen molar-refractivity contribution in [2.45, 2.75) is 19.4 Å². The number of rotatable bonds is 9. The molecule has 3 aromatic rings. The van der Waals surface area contributed by atoms with Crippen LogP contribution in [0, 0.1) is 0 Å². The van der Waals surface area contributed by atoms with Crippen molar-refractivity contribution in [3.8, 4) is 11.5 Å². The third-order valence-corrected chi connectivity index (χ3v) is 4.71. The van der Waals surface area contributed by atoms with Crippen LogP contribution in [0.2, 0.25) is 0 Å². The van der Waals surface area contributed by atoms with E-state index in [-0.39, 0.29) is 11.8 Å². The van der Waals surface area contributed by atoms with Gasteiger partial charge in [0.15, 0.2) is 17.6 Å². The van der Waals surface area contributed by atoms with E-state index in [9.17, 15) is 9.59 Å². The van der Waals surface area contributed by atoms with Gasteiger partial charge in [0.05, 0.1) is 18.4 Å². The Bertz CT molecular complexity index is 1020. The minimum Gasteiger partial charge on any atom is -0.493 e. The monoisotopic (exact) mass is 418 g/mol. The minimum atomic E-state index is -0.787. The molecule has 3 rings (SSSR count). The zero-order chi connectivity index (χ0) is 22.1. The molecule has 0 heterocycles. The van der Waals surface area contributed by atoms with Crippen molar-refractivity contribution < 1.29 is 19.1 Å². The Morgan fingerprint density at radius 3 is 2.26 bits per heavy atom. The van der Waals surface area contributed by atoms with Gasteiger partial charge in [0.1, 0.15) is 0 Å². The molecule has 0 aliphatic carbocycles. The molecule has 0 fully saturated rings. The number of para-hydroxylation sites is 3. The zero-order valence-corrected chi connectivity index (χ0v) is 17.6. The van der Waals surface area contributed by atoms with Crippen molar-refractivity contribution in [3.63, 3.8) is 0 Å². The van der Waals surface area contributed by atoms with Crippen molar-refractivity contribution in [2.24, 2.45) is 0 Å². The molecule has 6 heteroatoms. The van der Waals surface area contributed by atoms with Gasteiger partial charge in [-0.3, -0.25) is 9.59 Å². The van der Waals surface area contributed by atoms with E-state index in [0.29, 0.717) is 29.3 Å². The van der Waals surface area contributed by atoms with Crippen LogP contribution in [0.1, 0.15) is 22.8 Å². The van der Waals surface area contributed by atoms with Crippen molar-refractivity contribution in [1.29, 1.82) is 0 Å². The molecule has 0 spiro atoms.